The highest BCUT2D eigenvalue weighted by atomic mass is 32.2. The maximum Gasteiger partial charge on any atom is 0.340 e. The Bertz CT molecular complexity index is 497. The van der Waals surface area contributed by atoms with Gasteiger partial charge in [0, 0.05) is 0 Å². The van der Waals surface area contributed by atoms with E-state index in [1.807, 2.05) is 4.72 Å². The van der Waals surface area contributed by atoms with Gasteiger partial charge in [-0.15, -0.1) is 0 Å². The van der Waals surface area contributed by atoms with E-state index in [9.17, 15) is 17.6 Å². The lowest BCUT2D eigenvalue weighted by atomic mass is 10.2. The molecule has 0 heterocycles. The number of nitrogens with one attached hydrogen (secondary N) is 1. The van der Waals surface area contributed by atoms with Gasteiger partial charge >= 0.3 is 5.97 Å². The maximum absolute atomic E-state index is 13.1. The van der Waals surface area contributed by atoms with Crippen LogP contribution in [0.15, 0.2) is 18.2 Å². The Labute approximate surface area is 85.6 Å². The van der Waals surface area contributed by atoms with Crippen LogP contribution in [0.2, 0.25) is 0 Å². The molecule has 1 rings (SSSR count). The normalized spacial score (nSPS) is 11.1. The van der Waals surface area contributed by atoms with Crippen LogP contribution >= 0.6 is 0 Å². The predicted octanol–water partition coefficient (Wildman–Crippen LogP) is 0.895. The van der Waals surface area contributed by atoms with Crippen LogP contribution in [0.1, 0.15) is 10.4 Å². The third-order valence-corrected chi connectivity index (χ3v) is 2.11. The quantitative estimate of drug-likeness (QED) is 0.812. The molecule has 5 nitrogen and oxygen atoms in total. The monoisotopic (exact) mass is 233 g/mol. The van der Waals surface area contributed by atoms with Gasteiger partial charge in [-0.3, -0.25) is 4.72 Å². The van der Waals surface area contributed by atoms with Crippen molar-refractivity contribution >= 4 is 21.7 Å². The van der Waals surface area contributed by atoms with Crippen molar-refractivity contribution in [1.82, 2.24) is 0 Å². The number of benzene rings is 1. The average Bonchev–Trinajstić information content (AvgIpc) is 1.99. The molecule has 2 N–H and O–H groups in total. The van der Waals surface area contributed by atoms with E-state index < -0.39 is 27.4 Å². The summed E-state index contributed by atoms with van der Waals surface area (Å²) < 4.78 is 36.7. The Hall–Kier alpha value is -1.63. The van der Waals surface area contributed by atoms with Crippen LogP contribution in [-0.4, -0.2) is 25.7 Å². The van der Waals surface area contributed by atoms with Gasteiger partial charge in [0.15, 0.2) is 0 Å². The van der Waals surface area contributed by atoms with Gasteiger partial charge in [-0.2, -0.15) is 0 Å². The molecule has 0 aromatic heterocycles. The Balaban J connectivity index is 3.30. The number of rotatable bonds is 3. The molecule has 0 amide bonds. The van der Waals surface area contributed by atoms with Crippen LogP contribution < -0.4 is 4.72 Å². The van der Waals surface area contributed by atoms with E-state index in [1.54, 1.807) is 0 Å². The van der Waals surface area contributed by atoms with Crippen LogP contribution in [0.25, 0.3) is 0 Å². The summed E-state index contributed by atoms with van der Waals surface area (Å²) in [5, 5.41) is 8.67. The molecule has 1 aromatic carbocycles. The number of halogens is 1. The largest absolute Gasteiger partial charge is 0.478 e. The Kier molecular flexibility index (Phi) is 2.94. The summed E-state index contributed by atoms with van der Waals surface area (Å²) in [5.74, 6) is -2.52. The minimum atomic E-state index is -3.63. The fraction of sp³-hybridized carbons (Fsp3) is 0.125. The second kappa shape index (κ2) is 3.85. The molecule has 7 heteroatoms. The van der Waals surface area contributed by atoms with Crippen LogP contribution in [0.3, 0.4) is 0 Å². The number of carboxylic acids is 1. The van der Waals surface area contributed by atoms with Gasteiger partial charge in [0.05, 0.1) is 11.9 Å². The number of carbonyl (C=O) groups is 1. The highest BCUT2D eigenvalue weighted by molar-refractivity contribution is 7.92. The van der Waals surface area contributed by atoms with Gasteiger partial charge in [0.25, 0.3) is 0 Å². The highest BCUT2D eigenvalue weighted by Crippen LogP contribution is 2.19. The van der Waals surface area contributed by atoms with Crippen molar-refractivity contribution in [2.45, 2.75) is 0 Å². The topological polar surface area (TPSA) is 83.5 Å². The zero-order valence-corrected chi connectivity index (χ0v) is 8.51. The summed E-state index contributed by atoms with van der Waals surface area (Å²) in [4.78, 5) is 10.7. The molecule has 0 saturated carbocycles. The Morgan fingerprint density at radius 3 is 2.53 bits per heavy atom. The number of aromatic carboxylic acids is 1. The van der Waals surface area contributed by atoms with Crippen molar-refractivity contribution in [2.75, 3.05) is 11.0 Å². The molecule has 0 radical (unpaired) electrons. The van der Waals surface area contributed by atoms with Gasteiger partial charge in [-0.25, -0.2) is 17.6 Å². The number of anilines is 1. The van der Waals surface area contributed by atoms with Gasteiger partial charge in [-0.05, 0) is 12.1 Å². The molecule has 82 valence electrons. The maximum atomic E-state index is 13.1. The first-order chi connectivity index (χ1) is 6.81. The molecule has 1 aromatic rings. The van der Waals surface area contributed by atoms with Crippen LogP contribution in [-0.2, 0) is 10.0 Å². The zero-order chi connectivity index (χ0) is 11.6. The van der Waals surface area contributed by atoms with E-state index in [0.29, 0.717) is 0 Å². The van der Waals surface area contributed by atoms with Gasteiger partial charge < -0.3 is 5.11 Å². The van der Waals surface area contributed by atoms with Crippen molar-refractivity contribution in [3.8, 4) is 0 Å². The van der Waals surface area contributed by atoms with Crippen molar-refractivity contribution < 1.29 is 22.7 Å². The second-order valence-corrected chi connectivity index (χ2v) is 4.59. The molecule has 0 atom stereocenters. The molecule has 15 heavy (non-hydrogen) atoms. The Morgan fingerprint density at radius 2 is 2.07 bits per heavy atom. The average molecular weight is 233 g/mol. The van der Waals surface area contributed by atoms with Gasteiger partial charge in [-0.1, -0.05) is 6.07 Å². The summed E-state index contributed by atoms with van der Waals surface area (Å²) in [6.45, 7) is 0. The Morgan fingerprint density at radius 1 is 1.47 bits per heavy atom. The standard InChI is InChI=1S/C8H8FNO4S/c1-15(13,14)10-6-4-2-3-5(9)7(6)8(11)12/h2-4,10H,1H3,(H,11,12). The first-order valence-corrected chi connectivity index (χ1v) is 5.70. The van der Waals surface area contributed by atoms with Gasteiger partial charge in [0.1, 0.15) is 11.4 Å². The van der Waals surface area contributed by atoms with Gasteiger partial charge in [0.2, 0.25) is 10.0 Å². The molecular weight excluding hydrogens is 225 g/mol. The van der Waals surface area contributed by atoms with E-state index >= 15 is 0 Å². The van der Waals surface area contributed by atoms with Crippen molar-refractivity contribution in [3.05, 3.63) is 29.6 Å². The molecule has 0 spiro atoms. The molecule has 0 aliphatic heterocycles. The summed E-state index contributed by atoms with van der Waals surface area (Å²) in [6, 6.07) is 3.33. The third kappa shape index (κ3) is 2.91. The number of carboxylic acid groups (broad SMARTS) is 1. The number of sulfonamides is 1. The second-order valence-electron chi connectivity index (χ2n) is 2.84. The van der Waals surface area contributed by atoms with E-state index in [0.717, 1.165) is 12.3 Å². The van der Waals surface area contributed by atoms with E-state index in [1.165, 1.54) is 12.1 Å². The molecule has 0 unspecified atom stereocenters. The molecule has 0 aliphatic rings. The first kappa shape index (κ1) is 11.4. The molecule has 0 bridgehead atoms. The van der Waals surface area contributed by atoms with E-state index in [2.05, 4.69) is 0 Å². The van der Waals surface area contributed by atoms with Crippen molar-refractivity contribution in [2.24, 2.45) is 0 Å². The number of hydrogen-bond acceptors (Lipinski definition) is 3. The third-order valence-electron chi connectivity index (χ3n) is 1.52. The molecule has 0 saturated heterocycles. The minimum absolute atomic E-state index is 0.287. The van der Waals surface area contributed by atoms with Crippen LogP contribution in [0.5, 0.6) is 0 Å². The summed E-state index contributed by atoms with van der Waals surface area (Å²) in [6.07, 6.45) is 0.851. The van der Waals surface area contributed by atoms with E-state index in [-0.39, 0.29) is 5.69 Å². The fourth-order valence-corrected chi connectivity index (χ4v) is 1.60. The lowest BCUT2D eigenvalue weighted by molar-refractivity contribution is 0.0693. The fourth-order valence-electron chi connectivity index (χ4n) is 1.03. The van der Waals surface area contributed by atoms with E-state index in [4.69, 9.17) is 5.11 Å². The van der Waals surface area contributed by atoms with Crippen molar-refractivity contribution in [3.63, 3.8) is 0 Å². The SMILES string of the molecule is CS(=O)(=O)Nc1cccc(F)c1C(=O)O. The summed E-state index contributed by atoms with van der Waals surface area (Å²) in [7, 11) is -3.63. The molecule has 0 aliphatic carbocycles. The van der Waals surface area contributed by atoms with Crippen LogP contribution in [0.4, 0.5) is 10.1 Å². The molecular formula is C8H8FNO4S. The summed E-state index contributed by atoms with van der Waals surface area (Å²) >= 11 is 0. The predicted molar refractivity (Wildman–Crippen MR) is 51.8 cm³/mol. The van der Waals surface area contributed by atoms with Crippen LogP contribution in [0, 0.1) is 5.82 Å². The minimum Gasteiger partial charge on any atom is -0.478 e. The smallest absolute Gasteiger partial charge is 0.340 e. The van der Waals surface area contributed by atoms with Crippen molar-refractivity contribution in [1.29, 1.82) is 0 Å². The number of hydrogen-bond donors (Lipinski definition) is 2. The first-order valence-electron chi connectivity index (χ1n) is 3.81. The highest BCUT2D eigenvalue weighted by Gasteiger charge is 2.17. The lowest BCUT2D eigenvalue weighted by Crippen LogP contribution is -2.14. The lowest BCUT2D eigenvalue weighted by Gasteiger charge is -2.07. The summed E-state index contributed by atoms with van der Waals surface area (Å²) in [5.41, 5.74) is -0.979. The zero-order valence-electron chi connectivity index (χ0n) is 7.69. The molecule has 0 fully saturated rings.